The summed E-state index contributed by atoms with van der Waals surface area (Å²) in [6.07, 6.45) is 0. The van der Waals surface area contributed by atoms with Crippen LogP contribution in [-0.2, 0) is 4.79 Å². The molecule has 0 bridgehead atoms. The molecule has 1 aliphatic heterocycles. The van der Waals surface area contributed by atoms with Gasteiger partial charge in [-0.2, -0.15) is 0 Å². The van der Waals surface area contributed by atoms with Gasteiger partial charge in [-0.1, -0.05) is 35.9 Å². The Hall–Kier alpha value is -2.66. The number of piperazine rings is 1. The molecule has 1 saturated heterocycles. The highest BCUT2D eigenvalue weighted by atomic mass is 35.5. The van der Waals surface area contributed by atoms with E-state index in [9.17, 15) is 4.79 Å². The molecule has 1 N–H and O–H groups in total. The summed E-state index contributed by atoms with van der Waals surface area (Å²) < 4.78 is 0. The predicted molar refractivity (Wildman–Crippen MR) is 95.2 cm³/mol. The van der Waals surface area contributed by atoms with Crippen molar-refractivity contribution >= 4 is 34.2 Å². The molecule has 0 radical (unpaired) electrons. The second-order valence-electron chi connectivity index (χ2n) is 5.64. The van der Waals surface area contributed by atoms with Gasteiger partial charge in [-0.05, 0) is 24.3 Å². The number of carbonyl (C=O) groups excluding carboxylic acids is 1. The molecule has 1 amide bonds. The van der Waals surface area contributed by atoms with Crippen LogP contribution in [0.3, 0.4) is 0 Å². The Labute approximate surface area is 144 Å². The maximum Gasteiger partial charge on any atom is 0.239 e. The third-order valence-corrected chi connectivity index (χ3v) is 4.37. The van der Waals surface area contributed by atoms with Crippen LogP contribution < -0.4 is 10.2 Å². The molecule has 0 unspecified atom stereocenters. The second-order valence-corrected chi connectivity index (χ2v) is 6.05. The van der Waals surface area contributed by atoms with E-state index in [1.165, 1.54) is 0 Å². The van der Waals surface area contributed by atoms with Crippen molar-refractivity contribution in [2.24, 2.45) is 0 Å². The number of para-hydroxylation sites is 1. The summed E-state index contributed by atoms with van der Waals surface area (Å²) in [4.78, 5) is 23.2. The fourth-order valence-electron chi connectivity index (χ4n) is 2.88. The van der Waals surface area contributed by atoms with Gasteiger partial charge in [0.1, 0.15) is 5.82 Å². The zero-order valence-electron chi connectivity index (χ0n) is 12.9. The molecule has 0 saturated carbocycles. The number of rotatable bonds is 2. The third kappa shape index (κ3) is 2.67. The SMILES string of the molecule is O=C1CN(c2nc(-c3ccccc3Cl)nc3ccccc23)CCN1. The zero-order chi connectivity index (χ0) is 16.5. The Bertz CT molecular complexity index is 928. The number of nitrogens with one attached hydrogen (secondary N) is 1. The highest BCUT2D eigenvalue weighted by Gasteiger charge is 2.21. The quantitative estimate of drug-likeness (QED) is 0.780. The molecule has 0 spiro atoms. The van der Waals surface area contributed by atoms with Crippen molar-refractivity contribution in [3.63, 3.8) is 0 Å². The molecular formula is C18H15ClN4O. The minimum Gasteiger partial charge on any atom is -0.353 e. The Morgan fingerprint density at radius 1 is 1.04 bits per heavy atom. The highest BCUT2D eigenvalue weighted by Crippen LogP contribution is 2.30. The molecule has 3 aromatic rings. The molecule has 24 heavy (non-hydrogen) atoms. The lowest BCUT2D eigenvalue weighted by atomic mass is 10.1. The Balaban J connectivity index is 1.91. The minimum absolute atomic E-state index is 0.00300. The molecular weight excluding hydrogens is 324 g/mol. The number of halogens is 1. The number of fused-ring (bicyclic) bond motifs is 1. The Kier molecular flexibility index (Phi) is 3.78. The first-order valence-corrected chi connectivity index (χ1v) is 8.13. The maximum absolute atomic E-state index is 11.8. The predicted octanol–water partition coefficient (Wildman–Crippen LogP) is 2.89. The second kappa shape index (κ2) is 6.09. The number of carbonyl (C=O) groups is 1. The molecule has 0 atom stereocenters. The van der Waals surface area contributed by atoms with Crippen LogP contribution in [-0.4, -0.2) is 35.5 Å². The van der Waals surface area contributed by atoms with Gasteiger partial charge in [0.2, 0.25) is 5.91 Å². The van der Waals surface area contributed by atoms with Crippen LogP contribution in [0.1, 0.15) is 0 Å². The normalized spacial score (nSPS) is 14.7. The monoisotopic (exact) mass is 338 g/mol. The zero-order valence-corrected chi connectivity index (χ0v) is 13.6. The van der Waals surface area contributed by atoms with Crippen LogP contribution in [0.25, 0.3) is 22.3 Å². The number of anilines is 1. The molecule has 4 rings (SSSR count). The van der Waals surface area contributed by atoms with E-state index in [0.717, 1.165) is 22.3 Å². The summed E-state index contributed by atoms with van der Waals surface area (Å²) >= 11 is 6.31. The van der Waals surface area contributed by atoms with E-state index < -0.39 is 0 Å². The summed E-state index contributed by atoms with van der Waals surface area (Å²) in [7, 11) is 0. The van der Waals surface area contributed by atoms with Crippen LogP contribution in [0.15, 0.2) is 48.5 Å². The van der Waals surface area contributed by atoms with Crippen molar-refractivity contribution in [3.8, 4) is 11.4 Å². The molecule has 5 nitrogen and oxygen atoms in total. The first kappa shape index (κ1) is 14.9. The topological polar surface area (TPSA) is 58.1 Å². The first-order valence-electron chi connectivity index (χ1n) is 7.76. The van der Waals surface area contributed by atoms with Crippen molar-refractivity contribution in [3.05, 3.63) is 53.6 Å². The lowest BCUT2D eigenvalue weighted by molar-refractivity contribution is -0.120. The minimum atomic E-state index is 0.00300. The van der Waals surface area contributed by atoms with Gasteiger partial charge in [0, 0.05) is 24.0 Å². The fourth-order valence-corrected chi connectivity index (χ4v) is 3.10. The van der Waals surface area contributed by atoms with Gasteiger partial charge < -0.3 is 10.2 Å². The van der Waals surface area contributed by atoms with Gasteiger partial charge in [0.15, 0.2) is 5.82 Å². The number of hydrogen-bond donors (Lipinski definition) is 1. The lowest BCUT2D eigenvalue weighted by Crippen LogP contribution is -2.48. The number of amides is 1. The maximum atomic E-state index is 11.8. The molecule has 1 aromatic heterocycles. The van der Waals surface area contributed by atoms with Crippen LogP contribution in [0.2, 0.25) is 5.02 Å². The smallest absolute Gasteiger partial charge is 0.239 e. The van der Waals surface area contributed by atoms with E-state index >= 15 is 0 Å². The summed E-state index contributed by atoms with van der Waals surface area (Å²) in [6, 6.07) is 15.3. The van der Waals surface area contributed by atoms with E-state index in [1.54, 1.807) is 0 Å². The molecule has 1 aliphatic rings. The summed E-state index contributed by atoms with van der Waals surface area (Å²) in [5.41, 5.74) is 1.62. The number of benzene rings is 2. The number of aromatic nitrogens is 2. The van der Waals surface area contributed by atoms with Gasteiger partial charge in [-0.25, -0.2) is 9.97 Å². The first-order chi connectivity index (χ1) is 11.7. The third-order valence-electron chi connectivity index (χ3n) is 4.04. The van der Waals surface area contributed by atoms with Gasteiger partial charge >= 0.3 is 0 Å². The van der Waals surface area contributed by atoms with Gasteiger partial charge in [-0.15, -0.1) is 0 Å². The molecule has 1 fully saturated rings. The molecule has 0 aliphatic carbocycles. The summed E-state index contributed by atoms with van der Waals surface area (Å²) in [5.74, 6) is 1.34. The largest absolute Gasteiger partial charge is 0.353 e. The fraction of sp³-hybridized carbons (Fsp3) is 0.167. The molecule has 2 aromatic carbocycles. The number of nitrogens with zero attached hydrogens (tertiary/aromatic N) is 3. The highest BCUT2D eigenvalue weighted by molar-refractivity contribution is 6.33. The van der Waals surface area contributed by atoms with Gasteiger partial charge in [0.05, 0.1) is 17.1 Å². The summed E-state index contributed by atoms with van der Waals surface area (Å²) in [6.45, 7) is 1.62. The Morgan fingerprint density at radius 3 is 2.67 bits per heavy atom. The van der Waals surface area contributed by atoms with E-state index in [0.29, 0.717) is 30.5 Å². The van der Waals surface area contributed by atoms with Crippen LogP contribution in [0, 0.1) is 0 Å². The van der Waals surface area contributed by atoms with Crippen molar-refractivity contribution in [2.75, 3.05) is 24.5 Å². The average Bonchev–Trinajstić information content (AvgIpc) is 2.61. The van der Waals surface area contributed by atoms with E-state index in [-0.39, 0.29) is 5.91 Å². The molecule has 120 valence electrons. The standard InChI is InChI=1S/C18H15ClN4O/c19-14-7-3-1-5-12(14)17-21-15-8-4-2-6-13(15)18(22-17)23-10-9-20-16(24)11-23/h1-8H,9-11H2,(H,20,24). The van der Waals surface area contributed by atoms with Crippen molar-refractivity contribution < 1.29 is 4.79 Å². The molecule has 6 heteroatoms. The Morgan fingerprint density at radius 2 is 1.83 bits per heavy atom. The molecule has 2 heterocycles. The van der Waals surface area contributed by atoms with E-state index in [4.69, 9.17) is 16.6 Å². The van der Waals surface area contributed by atoms with E-state index in [1.807, 2.05) is 53.4 Å². The van der Waals surface area contributed by atoms with Gasteiger partial charge in [0.25, 0.3) is 0 Å². The van der Waals surface area contributed by atoms with Crippen LogP contribution in [0.4, 0.5) is 5.82 Å². The van der Waals surface area contributed by atoms with Crippen LogP contribution in [0.5, 0.6) is 0 Å². The van der Waals surface area contributed by atoms with Crippen molar-refractivity contribution in [1.82, 2.24) is 15.3 Å². The van der Waals surface area contributed by atoms with Crippen molar-refractivity contribution in [2.45, 2.75) is 0 Å². The van der Waals surface area contributed by atoms with Crippen LogP contribution >= 0.6 is 11.6 Å². The number of hydrogen-bond acceptors (Lipinski definition) is 4. The average molecular weight is 339 g/mol. The summed E-state index contributed by atoms with van der Waals surface area (Å²) in [5, 5.41) is 4.38. The van der Waals surface area contributed by atoms with Crippen molar-refractivity contribution in [1.29, 1.82) is 0 Å². The van der Waals surface area contributed by atoms with Gasteiger partial charge in [-0.3, -0.25) is 4.79 Å². The lowest BCUT2D eigenvalue weighted by Gasteiger charge is -2.28. The van der Waals surface area contributed by atoms with E-state index in [2.05, 4.69) is 10.3 Å².